The highest BCUT2D eigenvalue weighted by molar-refractivity contribution is 6.30. The zero-order chi connectivity index (χ0) is 13.7. The number of hydrogen-bond donors (Lipinski definition) is 1. The molecule has 0 amide bonds. The van der Waals surface area contributed by atoms with Gasteiger partial charge in [0.15, 0.2) is 0 Å². The monoisotopic (exact) mass is 278 g/mol. The van der Waals surface area contributed by atoms with Gasteiger partial charge in [0.25, 0.3) is 0 Å². The van der Waals surface area contributed by atoms with Crippen LogP contribution in [0.15, 0.2) is 36.1 Å². The molecule has 0 spiro atoms. The lowest BCUT2D eigenvalue weighted by molar-refractivity contribution is 0.276. The Hall–Kier alpha value is -0.950. The molecule has 0 bridgehead atoms. The summed E-state index contributed by atoms with van der Waals surface area (Å²) in [5.41, 5.74) is 1.40. The number of hydrogen-bond acceptors (Lipinski definition) is 1. The van der Waals surface area contributed by atoms with Gasteiger partial charge in [0, 0.05) is 11.4 Å². The Morgan fingerprint density at radius 2 is 2.05 bits per heavy atom. The highest BCUT2D eigenvalue weighted by Crippen LogP contribution is 2.38. The van der Waals surface area contributed by atoms with E-state index in [1.54, 1.807) is 0 Å². The van der Waals surface area contributed by atoms with Gasteiger partial charge in [0.05, 0.1) is 5.76 Å². The van der Waals surface area contributed by atoms with Crippen LogP contribution in [0, 0.1) is 5.92 Å². The van der Waals surface area contributed by atoms with Gasteiger partial charge < -0.3 is 5.11 Å². The maximum absolute atomic E-state index is 9.84. The number of benzene rings is 1. The van der Waals surface area contributed by atoms with Gasteiger partial charge in [-0.1, -0.05) is 37.1 Å². The number of rotatable bonds is 4. The van der Waals surface area contributed by atoms with Crippen LogP contribution in [0.25, 0.3) is 0 Å². The number of halogens is 1. The van der Waals surface area contributed by atoms with E-state index in [0.29, 0.717) is 17.6 Å². The Bertz CT molecular complexity index is 421. The first-order valence-electron chi connectivity index (χ1n) is 7.32. The predicted octanol–water partition coefficient (Wildman–Crippen LogP) is 5.86. The first-order chi connectivity index (χ1) is 9.19. The zero-order valence-corrected chi connectivity index (χ0v) is 12.4. The summed E-state index contributed by atoms with van der Waals surface area (Å²) < 4.78 is 0. The molecule has 1 aliphatic carbocycles. The van der Waals surface area contributed by atoms with Gasteiger partial charge in [-0.3, -0.25) is 0 Å². The fourth-order valence-electron chi connectivity index (χ4n) is 3.13. The predicted molar refractivity (Wildman–Crippen MR) is 81.8 cm³/mol. The summed E-state index contributed by atoms with van der Waals surface area (Å²) in [5, 5.41) is 10.6. The van der Waals surface area contributed by atoms with Gasteiger partial charge in [-0.05, 0) is 61.3 Å². The topological polar surface area (TPSA) is 20.2 Å². The molecule has 0 saturated heterocycles. The maximum Gasteiger partial charge on any atom is 0.0885 e. The Balaban J connectivity index is 1.97. The molecule has 0 radical (unpaired) electrons. The zero-order valence-electron chi connectivity index (χ0n) is 11.6. The third-order valence-electron chi connectivity index (χ3n) is 4.06. The van der Waals surface area contributed by atoms with Crippen molar-refractivity contribution in [3.63, 3.8) is 0 Å². The summed E-state index contributed by atoms with van der Waals surface area (Å²) >= 11 is 5.94. The van der Waals surface area contributed by atoms with Crippen LogP contribution in [0.3, 0.4) is 0 Å². The molecule has 1 fully saturated rings. The largest absolute Gasteiger partial charge is 0.513 e. The second kappa shape index (κ2) is 7.00. The van der Waals surface area contributed by atoms with Crippen LogP contribution in [0.1, 0.15) is 56.9 Å². The molecule has 1 aromatic rings. The standard InChI is InChI=1S/C17H23ClO/c1-2-4-17(19)12-13-5-3-6-15(11-13)14-7-9-16(18)10-8-14/h4,7-10,13,15,19H,2-3,5-6,11-12H2,1H3/b17-4+. The summed E-state index contributed by atoms with van der Waals surface area (Å²) in [6.45, 7) is 2.06. The molecular weight excluding hydrogens is 256 g/mol. The fourth-order valence-corrected chi connectivity index (χ4v) is 3.25. The van der Waals surface area contributed by atoms with Gasteiger partial charge in [0.1, 0.15) is 0 Å². The summed E-state index contributed by atoms with van der Waals surface area (Å²) in [6.07, 6.45) is 8.64. The fraction of sp³-hybridized carbons (Fsp3) is 0.529. The van der Waals surface area contributed by atoms with E-state index < -0.39 is 0 Å². The molecule has 1 aromatic carbocycles. The average molecular weight is 279 g/mol. The van der Waals surface area contributed by atoms with E-state index in [2.05, 4.69) is 19.1 Å². The molecule has 1 saturated carbocycles. The molecule has 0 aliphatic heterocycles. The van der Waals surface area contributed by atoms with E-state index in [1.807, 2.05) is 18.2 Å². The van der Waals surface area contributed by atoms with Gasteiger partial charge in [-0.2, -0.15) is 0 Å². The van der Waals surface area contributed by atoms with Gasteiger partial charge in [-0.15, -0.1) is 0 Å². The van der Waals surface area contributed by atoms with Crippen LogP contribution in [0.5, 0.6) is 0 Å². The summed E-state index contributed by atoms with van der Waals surface area (Å²) in [6, 6.07) is 8.26. The van der Waals surface area contributed by atoms with E-state index in [-0.39, 0.29) is 0 Å². The van der Waals surface area contributed by atoms with Gasteiger partial charge in [0.2, 0.25) is 0 Å². The maximum atomic E-state index is 9.84. The number of allylic oxidation sites excluding steroid dienone is 2. The van der Waals surface area contributed by atoms with Crippen molar-refractivity contribution >= 4 is 11.6 Å². The minimum atomic E-state index is 0.573. The molecule has 104 valence electrons. The lowest BCUT2D eigenvalue weighted by atomic mass is 9.76. The van der Waals surface area contributed by atoms with E-state index >= 15 is 0 Å². The van der Waals surface area contributed by atoms with E-state index in [9.17, 15) is 5.11 Å². The average Bonchev–Trinajstić information content (AvgIpc) is 2.40. The lowest BCUT2D eigenvalue weighted by Crippen LogP contribution is -2.15. The Kier molecular flexibility index (Phi) is 5.33. The minimum Gasteiger partial charge on any atom is -0.513 e. The smallest absolute Gasteiger partial charge is 0.0885 e. The van der Waals surface area contributed by atoms with E-state index in [1.165, 1.54) is 31.2 Å². The van der Waals surface area contributed by atoms with Crippen LogP contribution in [0.2, 0.25) is 5.02 Å². The molecule has 19 heavy (non-hydrogen) atoms. The van der Waals surface area contributed by atoms with E-state index in [0.717, 1.165) is 17.9 Å². The molecule has 1 nitrogen and oxygen atoms in total. The summed E-state index contributed by atoms with van der Waals surface area (Å²) in [5.74, 6) is 1.83. The third-order valence-corrected chi connectivity index (χ3v) is 4.31. The minimum absolute atomic E-state index is 0.573. The second-order valence-corrected chi connectivity index (χ2v) is 6.03. The van der Waals surface area contributed by atoms with Crippen molar-refractivity contribution in [3.05, 3.63) is 46.7 Å². The van der Waals surface area contributed by atoms with Gasteiger partial charge in [-0.25, -0.2) is 0 Å². The van der Waals surface area contributed by atoms with Crippen molar-refractivity contribution in [3.8, 4) is 0 Å². The second-order valence-electron chi connectivity index (χ2n) is 5.59. The van der Waals surface area contributed by atoms with Crippen LogP contribution < -0.4 is 0 Å². The first kappa shape index (κ1) is 14.5. The quantitative estimate of drug-likeness (QED) is 0.684. The van der Waals surface area contributed by atoms with Crippen molar-refractivity contribution in [1.82, 2.24) is 0 Å². The summed E-state index contributed by atoms with van der Waals surface area (Å²) in [4.78, 5) is 0. The third kappa shape index (κ3) is 4.28. The van der Waals surface area contributed by atoms with Crippen LogP contribution >= 0.6 is 11.6 Å². The van der Waals surface area contributed by atoms with Crippen LogP contribution in [-0.4, -0.2) is 5.11 Å². The molecule has 2 heteroatoms. The molecule has 1 N–H and O–H groups in total. The van der Waals surface area contributed by atoms with E-state index in [4.69, 9.17) is 11.6 Å². The summed E-state index contributed by atoms with van der Waals surface area (Å²) in [7, 11) is 0. The molecule has 1 aliphatic rings. The molecular formula is C17H23ClO. The van der Waals surface area contributed by atoms with Crippen molar-refractivity contribution < 1.29 is 5.11 Å². The van der Waals surface area contributed by atoms with Crippen molar-refractivity contribution in [2.24, 2.45) is 5.92 Å². The van der Waals surface area contributed by atoms with Crippen molar-refractivity contribution in [2.45, 2.75) is 51.4 Å². The SMILES string of the molecule is CC/C=C(/O)CC1CCCC(c2ccc(Cl)cc2)C1. The molecule has 0 heterocycles. The highest BCUT2D eigenvalue weighted by Gasteiger charge is 2.23. The Morgan fingerprint density at radius 1 is 1.32 bits per heavy atom. The van der Waals surface area contributed by atoms with Gasteiger partial charge >= 0.3 is 0 Å². The molecule has 2 unspecified atom stereocenters. The molecule has 2 atom stereocenters. The lowest BCUT2D eigenvalue weighted by Gasteiger charge is -2.29. The van der Waals surface area contributed by atoms with Crippen molar-refractivity contribution in [2.75, 3.05) is 0 Å². The number of aliphatic hydroxyl groups is 1. The Labute approximate surface area is 121 Å². The molecule has 2 rings (SSSR count). The van der Waals surface area contributed by atoms with Crippen molar-refractivity contribution in [1.29, 1.82) is 0 Å². The van der Waals surface area contributed by atoms with Crippen LogP contribution in [-0.2, 0) is 0 Å². The normalized spacial score (nSPS) is 24.4. The Morgan fingerprint density at radius 3 is 2.74 bits per heavy atom. The highest BCUT2D eigenvalue weighted by atomic mass is 35.5. The molecule has 0 aromatic heterocycles. The van der Waals surface area contributed by atoms with Crippen LogP contribution in [0.4, 0.5) is 0 Å². The number of aliphatic hydroxyl groups excluding tert-OH is 1. The first-order valence-corrected chi connectivity index (χ1v) is 7.70.